The lowest BCUT2D eigenvalue weighted by Gasteiger charge is -2.10. The standard InChI is InChI=1S/C27H27BrN2O5/c1-18-5-3-6-23(15-18)35-22-12-10-21(11-13-22)29-25(31)7-4-8-27(33)34-17-26(32)30-24-14-9-20(28)16-19(24)2/h3,5-6,9-16H,4,7-8,17H2,1-2H3,(H,29,31)(H,30,32). The summed E-state index contributed by atoms with van der Waals surface area (Å²) in [6.45, 7) is 3.48. The summed E-state index contributed by atoms with van der Waals surface area (Å²) in [5.41, 5.74) is 3.28. The number of hydrogen-bond donors (Lipinski definition) is 2. The van der Waals surface area contributed by atoms with Crippen molar-refractivity contribution in [1.82, 2.24) is 0 Å². The largest absolute Gasteiger partial charge is 0.457 e. The minimum absolute atomic E-state index is 0.0429. The molecular formula is C27H27BrN2O5. The number of aryl methyl sites for hydroxylation is 2. The number of anilines is 2. The van der Waals surface area contributed by atoms with Crippen molar-refractivity contribution in [3.05, 3.63) is 82.3 Å². The minimum Gasteiger partial charge on any atom is -0.457 e. The van der Waals surface area contributed by atoms with Gasteiger partial charge in [-0.05, 0) is 86.0 Å². The van der Waals surface area contributed by atoms with Gasteiger partial charge < -0.3 is 20.1 Å². The SMILES string of the molecule is Cc1cccc(Oc2ccc(NC(=O)CCCC(=O)OCC(=O)Nc3ccc(Br)cc3C)cc2)c1. The molecule has 3 aromatic rings. The van der Waals surface area contributed by atoms with E-state index in [0.717, 1.165) is 21.3 Å². The number of esters is 1. The molecule has 0 bridgehead atoms. The maximum atomic E-state index is 12.2. The monoisotopic (exact) mass is 538 g/mol. The van der Waals surface area contributed by atoms with Crippen molar-refractivity contribution in [3.63, 3.8) is 0 Å². The third-order valence-corrected chi connectivity index (χ3v) is 5.47. The van der Waals surface area contributed by atoms with E-state index in [1.165, 1.54) is 0 Å². The van der Waals surface area contributed by atoms with Crippen LogP contribution in [0, 0.1) is 13.8 Å². The van der Waals surface area contributed by atoms with Gasteiger partial charge in [-0.15, -0.1) is 0 Å². The molecule has 0 radical (unpaired) electrons. The van der Waals surface area contributed by atoms with Crippen LogP contribution in [0.2, 0.25) is 0 Å². The normalized spacial score (nSPS) is 10.4. The van der Waals surface area contributed by atoms with Crippen molar-refractivity contribution in [1.29, 1.82) is 0 Å². The number of benzene rings is 3. The highest BCUT2D eigenvalue weighted by molar-refractivity contribution is 9.10. The van der Waals surface area contributed by atoms with Crippen LogP contribution in [0.4, 0.5) is 11.4 Å². The fourth-order valence-corrected chi connectivity index (χ4v) is 3.69. The molecule has 3 aromatic carbocycles. The number of amides is 2. The Morgan fingerprint density at radius 1 is 0.829 bits per heavy atom. The average Bonchev–Trinajstić information content (AvgIpc) is 2.81. The summed E-state index contributed by atoms with van der Waals surface area (Å²) in [4.78, 5) is 36.1. The van der Waals surface area contributed by atoms with Gasteiger partial charge in [-0.25, -0.2) is 0 Å². The number of halogens is 1. The second-order valence-corrected chi connectivity index (χ2v) is 8.93. The molecule has 7 nitrogen and oxygen atoms in total. The first-order chi connectivity index (χ1) is 16.8. The van der Waals surface area contributed by atoms with Gasteiger partial charge in [-0.1, -0.05) is 28.1 Å². The number of nitrogens with one attached hydrogen (secondary N) is 2. The van der Waals surface area contributed by atoms with Crippen LogP contribution in [0.15, 0.2) is 71.2 Å². The number of carbonyl (C=O) groups excluding carboxylic acids is 3. The zero-order valence-corrected chi connectivity index (χ0v) is 21.2. The van der Waals surface area contributed by atoms with E-state index in [0.29, 0.717) is 23.5 Å². The Hall–Kier alpha value is -3.65. The van der Waals surface area contributed by atoms with Gasteiger partial charge in [0, 0.05) is 28.7 Å². The molecule has 2 N–H and O–H groups in total. The minimum atomic E-state index is -0.530. The van der Waals surface area contributed by atoms with Crippen molar-refractivity contribution in [2.24, 2.45) is 0 Å². The fraction of sp³-hybridized carbons (Fsp3) is 0.222. The van der Waals surface area contributed by atoms with Crippen LogP contribution in [0.5, 0.6) is 11.5 Å². The molecule has 8 heteroatoms. The van der Waals surface area contributed by atoms with E-state index in [1.807, 2.05) is 50.2 Å². The van der Waals surface area contributed by atoms with Crippen molar-refractivity contribution in [2.45, 2.75) is 33.1 Å². The summed E-state index contributed by atoms with van der Waals surface area (Å²) in [6.07, 6.45) is 0.509. The number of hydrogen-bond acceptors (Lipinski definition) is 5. The Kier molecular flexibility index (Phi) is 9.43. The molecule has 182 valence electrons. The molecule has 0 fully saturated rings. The predicted molar refractivity (Wildman–Crippen MR) is 139 cm³/mol. The summed E-state index contributed by atoms with van der Waals surface area (Å²) in [5.74, 6) is 0.244. The molecule has 0 aromatic heterocycles. The molecule has 0 spiro atoms. The van der Waals surface area contributed by atoms with Gasteiger partial charge in [0.25, 0.3) is 5.91 Å². The molecule has 0 unspecified atom stereocenters. The van der Waals surface area contributed by atoms with Gasteiger partial charge in [-0.3, -0.25) is 14.4 Å². The maximum absolute atomic E-state index is 12.2. The quantitative estimate of drug-likeness (QED) is 0.302. The van der Waals surface area contributed by atoms with Gasteiger partial charge in [0.05, 0.1) is 0 Å². The molecule has 0 saturated heterocycles. The second kappa shape index (κ2) is 12.7. The lowest BCUT2D eigenvalue weighted by Crippen LogP contribution is -2.21. The second-order valence-electron chi connectivity index (χ2n) is 8.01. The summed E-state index contributed by atoms with van der Waals surface area (Å²) >= 11 is 3.37. The zero-order valence-electron chi connectivity index (χ0n) is 19.6. The lowest BCUT2D eigenvalue weighted by molar-refractivity contribution is -0.147. The van der Waals surface area contributed by atoms with E-state index < -0.39 is 11.9 Å². The van der Waals surface area contributed by atoms with Gasteiger partial charge in [-0.2, -0.15) is 0 Å². The topological polar surface area (TPSA) is 93.7 Å². The maximum Gasteiger partial charge on any atom is 0.306 e. The van der Waals surface area contributed by atoms with Crippen LogP contribution in [0.1, 0.15) is 30.4 Å². The molecule has 2 amide bonds. The van der Waals surface area contributed by atoms with E-state index in [4.69, 9.17) is 9.47 Å². The van der Waals surface area contributed by atoms with Gasteiger partial charge in [0.15, 0.2) is 6.61 Å². The Bertz CT molecular complexity index is 1190. The van der Waals surface area contributed by atoms with Gasteiger partial charge in [0.2, 0.25) is 5.91 Å². The third kappa shape index (κ3) is 8.90. The number of rotatable bonds is 10. The Morgan fingerprint density at radius 2 is 1.60 bits per heavy atom. The Morgan fingerprint density at radius 3 is 2.31 bits per heavy atom. The number of carbonyl (C=O) groups is 3. The zero-order chi connectivity index (χ0) is 25.2. The van der Waals surface area contributed by atoms with Crippen molar-refractivity contribution in [3.8, 4) is 11.5 Å². The Balaban J connectivity index is 1.33. The third-order valence-electron chi connectivity index (χ3n) is 4.97. The van der Waals surface area contributed by atoms with E-state index >= 15 is 0 Å². The molecule has 0 aliphatic rings. The lowest BCUT2D eigenvalue weighted by atomic mass is 10.2. The van der Waals surface area contributed by atoms with E-state index in [-0.39, 0.29) is 25.4 Å². The van der Waals surface area contributed by atoms with Crippen molar-refractivity contribution >= 4 is 45.1 Å². The van der Waals surface area contributed by atoms with Gasteiger partial charge >= 0.3 is 5.97 Å². The molecule has 0 aliphatic carbocycles. The molecule has 0 atom stereocenters. The van der Waals surface area contributed by atoms with Crippen LogP contribution in [0.25, 0.3) is 0 Å². The highest BCUT2D eigenvalue weighted by Gasteiger charge is 2.11. The Labute approximate surface area is 213 Å². The van der Waals surface area contributed by atoms with Crippen LogP contribution in [0.3, 0.4) is 0 Å². The van der Waals surface area contributed by atoms with E-state index in [1.54, 1.807) is 30.3 Å². The fourth-order valence-electron chi connectivity index (χ4n) is 3.21. The van der Waals surface area contributed by atoms with Crippen LogP contribution in [-0.4, -0.2) is 24.4 Å². The molecule has 0 saturated carbocycles. The van der Waals surface area contributed by atoms with E-state index in [9.17, 15) is 14.4 Å². The van der Waals surface area contributed by atoms with Crippen LogP contribution in [-0.2, 0) is 19.1 Å². The highest BCUT2D eigenvalue weighted by atomic mass is 79.9. The summed E-state index contributed by atoms with van der Waals surface area (Å²) in [5, 5.41) is 5.49. The average molecular weight is 539 g/mol. The van der Waals surface area contributed by atoms with Crippen molar-refractivity contribution < 1.29 is 23.9 Å². The summed E-state index contributed by atoms with van der Waals surface area (Å²) < 4.78 is 11.7. The van der Waals surface area contributed by atoms with Gasteiger partial charge in [0.1, 0.15) is 11.5 Å². The molecular weight excluding hydrogens is 512 g/mol. The smallest absolute Gasteiger partial charge is 0.306 e. The summed E-state index contributed by atoms with van der Waals surface area (Å²) in [7, 11) is 0. The number of ether oxygens (including phenoxy) is 2. The molecule has 0 heterocycles. The highest BCUT2D eigenvalue weighted by Crippen LogP contribution is 2.24. The molecule has 35 heavy (non-hydrogen) atoms. The first kappa shape index (κ1) is 26.0. The first-order valence-electron chi connectivity index (χ1n) is 11.1. The van der Waals surface area contributed by atoms with Crippen LogP contribution >= 0.6 is 15.9 Å². The molecule has 3 rings (SSSR count). The predicted octanol–water partition coefficient (Wildman–Crippen LogP) is 6.15. The van der Waals surface area contributed by atoms with E-state index in [2.05, 4.69) is 26.6 Å². The van der Waals surface area contributed by atoms with Crippen molar-refractivity contribution in [2.75, 3.05) is 17.2 Å². The van der Waals surface area contributed by atoms with Crippen LogP contribution < -0.4 is 15.4 Å². The molecule has 0 aliphatic heterocycles. The first-order valence-corrected chi connectivity index (χ1v) is 11.9. The summed E-state index contributed by atoms with van der Waals surface area (Å²) in [6, 6.07) is 20.2.